The maximum Gasteiger partial charge on any atom is 0.357 e. The first-order valence-corrected chi connectivity index (χ1v) is 10.3. The Morgan fingerprint density at radius 1 is 1.24 bits per heavy atom. The van der Waals surface area contributed by atoms with E-state index in [1.807, 2.05) is 36.8 Å². The molecule has 0 radical (unpaired) electrons. The number of hydrogen-bond acceptors (Lipinski definition) is 5. The normalized spacial score (nSPS) is 11.8. The third-order valence-corrected chi connectivity index (χ3v) is 5.14. The van der Waals surface area contributed by atoms with Crippen molar-refractivity contribution in [1.82, 2.24) is 14.8 Å². The average molecular weight is 432 g/mol. The fraction of sp³-hybridized carbons (Fsp3) is 0.211. The second-order valence-electron chi connectivity index (χ2n) is 7.02. The maximum atomic E-state index is 11.0. The Balaban J connectivity index is 2.07. The first-order valence-electron chi connectivity index (χ1n) is 8.51. The lowest BCUT2D eigenvalue weighted by molar-refractivity contribution is 0.489. The Labute approximate surface area is 173 Å². The van der Waals surface area contributed by atoms with Crippen LogP contribution in [0.25, 0.3) is 11.1 Å². The lowest BCUT2D eigenvalue weighted by Gasteiger charge is -2.19. The second-order valence-corrected chi connectivity index (χ2v) is 8.58. The number of rotatable bonds is 6. The van der Waals surface area contributed by atoms with E-state index < -0.39 is 15.7 Å². The molecule has 1 aromatic heterocycles. The maximum absolute atomic E-state index is 11.0. The molecular weight excluding hydrogens is 414 g/mol. The van der Waals surface area contributed by atoms with Gasteiger partial charge in [-0.05, 0) is 60.4 Å². The Morgan fingerprint density at radius 3 is 2.59 bits per heavy atom. The summed E-state index contributed by atoms with van der Waals surface area (Å²) in [4.78, 5) is 3.94. The summed E-state index contributed by atoms with van der Waals surface area (Å²) in [6.07, 6.45) is 3.05. The van der Waals surface area contributed by atoms with Gasteiger partial charge in [0, 0.05) is 0 Å². The SMILES string of the molecule is CC(C)(C#N)c1cc(Cn2cncn2)cc(-c2ccc(NS(=O)(=O)O)c(Cl)c2)c1. The van der Waals surface area contributed by atoms with Gasteiger partial charge in [-0.2, -0.15) is 18.8 Å². The molecule has 0 fully saturated rings. The van der Waals surface area contributed by atoms with Crippen molar-refractivity contribution in [3.8, 4) is 17.2 Å². The van der Waals surface area contributed by atoms with Crippen LogP contribution in [0.5, 0.6) is 0 Å². The molecule has 0 spiro atoms. The summed E-state index contributed by atoms with van der Waals surface area (Å²) in [7, 11) is -4.43. The molecule has 0 atom stereocenters. The summed E-state index contributed by atoms with van der Waals surface area (Å²) < 4.78 is 34.6. The van der Waals surface area contributed by atoms with Crippen LogP contribution in [0.4, 0.5) is 5.69 Å². The average Bonchev–Trinajstić information content (AvgIpc) is 3.15. The summed E-state index contributed by atoms with van der Waals surface area (Å²) in [5.41, 5.74) is 2.62. The van der Waals surface area contributed by atoms with Crippen molar-refractivity contribution in [3.05, 3.63) is 65.2 Å². The van der Waals surface area contributed by atoms with Gasteiger partial charge < -0.3 is 0 Å². The number of nitrogens with one attached hydrogen (secondary N) is 1. The smallest absolute Gasteiger partial charge is 0.269 e. The predicted octanol–water partition coefficient (Wildman–Crippen LogP) is 3.66. The minimum atomic E-state index is -4.43. The fourth-order valence-corrected chi connectivity index (χ4v) is 3.53. The zero-order chi connectivity index (χ0) is 21.2. The Hall–Kier alpha value is -2.93. The van der Waals surface area contributed by atoms with Crippen molar-refractivity contribution in [1.29, 1.82) is 5.26 Å². The van der Waals surface area contributed by atoms with Crippen LogP contribution >= 0.6 is 11.6 Å². The molecule has 0 aliphatic heterocycles. The second kappa shape index (κ2) is 7.83. The van der Waals surface area contributed by atoms with Crippen LogP contribution in [0.1, 0.15) is 25.0 Å². The van der Waals surface area contributed by atoms with Crippen molar-refractivity contribution >= 4 is 27.6 Å². The van der Waals surface area contributed by atoms with Gasteiger partial charge in [0.1, 0.15) is 12.7 Å². The highest BCUT2D eigenvalue weighted by Crippen LogP contribution is 2.33. The van der Waals surface area contributed by atoms with E-state index in [-0.39, 0.29) is 10.7 Å². The molecular formula is C19H18ClN5O3S. The van der Waals surface area contributed by atoms with E-state index in [2.05, 4.69) is 16.2 Å². The van der Waals surface area contributed by atoms with Gasteiger partial charge in [0.05, 0.1) is 28.7 Å². The zero-order valence-corrected chi connectivity index (χ0v) is 17.2. The molecule has 0 saturated carbocycles. The highest BCUT2D eigenvalue weighted by atomic mass is 35.5. The molecule has 3 aromatic rings. The predicted molar refractivity (Wildman–Crippen MR) is 110 cm³/mol. The molecule has 0 amide bonds. The molecule has 3 rings (SSSR count). The number of aromatic nitrogens is 3. The summed E-state index contributed by atoms with van der Waals surface area (Å²) >= 11 is 6.18. The fourth-order valence-electron chi connectivity index (χ4n) is 2.79. The van der Waals surface area contributed by atoms with E-state index in [1.54, 1.807) is 23.1 Å². The molecule has 10 heteroatoms. The van der Waals surface area contributed by atoms with E-state index in [0.29, 0.717) is 6.54 Å². The largest absolute Gasteiger partial charge is 0.357 e. The topological polar surface area (TPSA) is 121 Å². The minimum Gasteiger partial charge on any atom is -0.269 e. The van der Waals surface area contributed by atoms with Crippen LogP contribution in [0.3, 0.4) is 0 Å². The van der Waals surface area contributed by atoms with Gasteiger partial charge in [-0.3, -0.25) is 9.27 Å². The summed E-state index contributed by atoms with van der Waals surface area (Å²) in [5, 5.41) is 13.8. The molecule has 0 bridgehead atoms. The van der Waals surface area contributed by atoms with E-state index in [4.69, 9.17) is 16.2 Å². The number of benzene rings is 2. The Morgan fingerprint density at radius 2 is 2.00 bits per heavy atom. The van der Waals surface area contributed by atoms with Crippen molar-refractivity contribution in [3.63, 3.8) is 0 Å². The first-order chi connectivity index (χ1) is 13.6. The van der Waals surface area contributed by atoms with E-state index in [1.165, 1.54) is 12.4 Å². The molecule has 0 unspecified atom stereocenters. The molecule has 2 aromatic carbocycles. The van der Waals surface area contributed by atoms with Crippen molar-refractivity contribution in [2.75, 3.05) is 4.72 Å². The standard InChI is InChI=1S/C19H18ClN5O3S/c1-19(2,10-21)16-6-13(9-25-12-22-11-23-25)5-15(7-16)14-3-4-18(17(20)8-14)24-29(26,27)28/h3-8,11-12,24H,9H2,1-2H3,(H,26,27,28). The zero-order valence-electron chi connectivity index (χ0n) is 15.7. The van der Waals surface area contributed by atoms with Crippen LogP contribution < -0.4 is 4.72 Å². The minimum absolute atomic E-state index is 0.0641. The summed E-state index contributed by atoms with van der Waals surface area (Å²) in [5.74, 6) is 0. The van der Waals surface area contributed by atoms with Crippen molar-refractivity contribution < 1.29 is 13.0 Å². The molecule has 0 saturated heterocycles. The Bertz CT molecular complexity index is 1190. The molecule has 0 aliphatic carbocycles. The Kier molecular flexibility index (Phi) is 5.61. The molecule has 29 heavy (non-hydrogen) atoms. The van der Waals surface area contributed by atoms with Gasteiger partial charge in [-0.25, -0.2) is 9.67 Å². The number of hydrogen-bond donors (Lipinski definition) is 2. The number of nitriles is 1. The van der Waals surface area contributed by atoms with E-state index in [0.717, 1.165) is 22.3 Å². The number of nitrogens with zero attached hydrogens (tertiary/aromatic N) is 4. The quantitative estimate of drug-likeness (QED) is 0.574. The number of halogens is 1. The molecule has 1 heterocycles. The summed E-state index contributed by atoms with van der Waals surface area (Å²) in [6.45, 7) is 4.13. The van der Waals surface area contributed by atoms with Gasteiger partial charge in [-0.1, -0.05) is 23.7 Å². The van der Waals surface area contributed by atoms with Gasteiger partial charge in [-0.15, -0.1) is 0 Å². The molecule has 8 nitrogen and oxygen atoms in total. The van der Waals surface area contributed by atoms with E-state index in [9.17, 15) is 13.7 Å². The lowest BCUT2D eigenvalue weighted by Crippen LogP contribution is -2.15. The van der Waals surface area contributed by atoms with Crippen LogP contribution in [0.15, 0.2) is 49.1 Å². The third-order valence-electron chi connectivity index (χ3n) is 4.35. The van der Waals surface area contributed by atoms with Gasteiger partial charge in [0.25, 0.3) is 0 Å². The lowest BCUT2D eigenvalue weighted by atomic mass is 9.83. The van der Waals surface area contributed by atoms with Gasteiger partial charge in [0.2, 0.25) is 0 Å². The van der Waals surface area contributed by atoms with Crippen molar-refractivity contribution in [2.45, 2.75) is 25.8 Å². The van der Waals surface area contributed by atoms with Crippen LogP contribution in [-0.2, 0) is 22.3 Å². The highest BCUT2D eigenvalue weighted by molar-refractivity contribution is 7.87. The first kappa shape index (κ1) is 20.8. The molecule has 2 N–H and O–H groups in total. The van der Waals surface area contributed by atoms with Crippen LogP contribution in [0.2, 0.25) is 5.02 Å². The van der Waals surface area contributed by atoms with Crippen LogP contribution in [-0.4, -0.2) is 27.7 Å². The van der Waals surface area contributed by atoms with Gasteiger partial charge in [0.15, 0.2) is 0 Å². The summed E-state index contributed by atoms with van der Waals surface area (Å²) in [6, 6.07) is 12.8. The van der Waals surface area contributed by atoms with Crippen molar-refractivity contribution in [2.24, 2.45) is 0 Å². The van der Waals surface area contributed by atoms with Crippen LogP contribution in [0, 0.1) is 11.3 Å². The molecule has 0 aliphatic rings. The highest BCUT2D eigenvalue weighted by Gasteiger charge is 2.21. The van der Waals surface area contributed by atoms with E-state index >= 15 is 0 Å². The van der Waals surface area contributed by atoms with Gasteiger partial charge >= 0.3 is 10.3 Å². The number of anilines is 1. The molecule has 150 valence electrons. The third kappa shape index (κ3) is 5.12. The monoisotopic (exact) mass is 431 g/mol.